The van der Waals surface area contributed by atoms with E-state index in [1.807, 2.05) is 0 Å². The van der Waals surface area contributed by atoms with Crippen LogP contribution in [-0.4, -0.2) is 46.9 Å². The van der Waals surface area contributed by atoms with Gasteiger partial charge in [0, 0.05) is 18.7 Å². The summed E-state index contributed by atoms with van der Waals surface area (Å²) in [4.78, 5) is 23.5. The number of aliphatic hydroxyl groups is 1. The van der Waals surface area contributed by atoms with Crippen molar-refractivity contribution in [3.63, 3.8) is 0 Å². The summed E-state index contributed by atoms with van der Waals surface area (Å²) >= 11 is 3.28. The molecule has 1 aromatic carbocycles. The van der Waals surface area contributed by atoms with Gasteiger partial charge in [0.2, 0.25) is 5.91 Å². The van der Waals surface area contributed by atoms with Gasteiger partial charge in [-0.05, 0) is 12.1 Å². The zero-order valence-corrected chi connectivity index (χ0v) is 13.7. The number of hydrogen-bond donors (Lipinski definition) is 2. The molecule has 6 nitrogen and oxygen atoms in total. The fraction of sp³-hybridized carbons (Fsp3) is 0.467. The van der Waals surface area contributed by atoms with E-state index in [1.165, 1.54) is 6.92 Å². The lowest BCUT2D eigenvalue weighted by molar-refractivity contribution is -0.201. The molecule has 1 aromatic rings. The van der Waals surface area contributed by atoms with Gasteiger partial charge in [-0.15, -0.1) is 0 Å². The molecule has 0 saturated carbocycles. The molecule has 0 spiro atoms. The van der Waals surface area contributed by atoms with Crippen molar-refractivity contribution in [1.29, 1.82) is 0 Å². The fourth-order valence-corrected chi connectivity index (χ4v) is 2.92. The number of amides is 1. The molecule has 2 rings (SSSR count). The average Bonchev–Trinajstić information content (AvgIpc) is 2.49. The highest BCUT2D eigenvalue weighted by Gasteiger charge is 2.41. The molecule has 0 radical (unpaired) electrons. The van der Waals surface area contributed by atoms with Gasteiger partial charge in [-0.25, -0.2) is 4.79 Å². The molecule has 120 valence electrons. The van der Waals surface area contributed by atoms with E-state index in [0.717, 1.165) is 0 Å². The van der Waals surface area contributed by atoms with Crippen LogP contribution in [0, 0.1) is 0 Å². The minimum absolute atomic E-state index is 0.163. The lowest BCUT2D eigenvalue weighted by Gasteiger charge is -2.39. The summed E-state index contributed by atoms with van der Waals surface area (Å²) in [6, 6.07) is 8.08. The molecule has 1 saturated heterocycles. The first-order chi connectivity index (χ1) is 10.5. The second-order valence-corrected chi connectivity index (χ2v) is 5.71. The molecule has 0 unspecified atom stereocenters. The number of rotatable bonds is 4. The van der Waals surface area contributed by atoms with Gasteiger partial charge in [0.25, 0.3) is 0 Å². The molecule has 7 heteroatoms. The zero-order valence-electron chi connectivity index (χ0n) is 12.1. The summed E-state index contributed by atoms with van der Waals surface area (Å²) in [5, 5.41) is 12.8. The number of nitrogens with one attached hydrogen (secondary N) is 1. The highest BCUT2D eigenvalue weighted by Crippen LogP contribution is 2.24. The summed E-state index contributed by atoms with van der Waals surface area (Å²) < 4.78 is 10.9. The van der Waals surface area contributed by atoms with Crippen LogP contribution < -0.4 is 5.32 Å². The first-order valence-electron chi connectivity index (χ1n) is 6.94. The molecular formula is C15H18BrNO5. The molecule has 1 aliphatic rings. The minimum atomic E-state index is -1.01. The van der Waals surface area contributed by atoms with Crippen LogP contribution in [0.15, 0.2) is 30.3 Å². The van der Waals surface area contributed by atoms with E-state index >= 15 is 0 Å². The lowest BCUT2D eigenvalue weighted by Crippen LogP contribution is -2.57. The van der Waals surface area contributed by atoms with Crippen molar-refractivity contribution in [3.05, 3.63) is 35.9 Å². The van der Waals surface area contributed by atoms with E-state index in [0.29, 0.717) is 10.9 Å². The smallest absolute Gasteiger partial charge is 0.338 e. The van der Waals surface area contributed by atoms with Gasteiger partial charge in [0.1, 0.15) is 12.2 Å². The van der Waals surface area contributed by atoms with Crippen LogP contribution in [0.1, 0.15) is 23.7 Å². The van der Waals surface area contributed by atoms with Crippen LogP contribution in [0.5, 0.6) is 0 Å². The maximum atomic E-state index is 12.2. The molecule has 1 heterocycles. The maximum Gasteiger partial charge on any atom is 0.338 e. The van der Waals surface area contributed by atoms with E-state index in [2.05, 4.69) is 21.2 Å². The first kappa shape index (κ1) is 16.9. The second-order valence-electron chi connectivity index (χ2n) is 5.06. The number of carbonyl (C=O) groups is 2. The maximum absolute atomic E-state index is 12.2. The summed E-state index contributed by atoms with van der Waals surface area (Å²) in [5.41, 5.74) is 0.420. The number of alkyl halides is 1. The van der Waals surface area contributed by atoms with Gasteiger partial charge >= 0.3 is 5.97 Å². The average molecular weight is 372 g/mol. The predicted octanol–water partition coefficient (Wildman–Crippen LogP) is 1.22. The molecule has 1 amide bonds. The molecule has 1 aliphatic heterocycles. The summed E-state index contributed by atoms with van der Waals surface area (Å²) in [5.74, 6) is -0.750. The van der Waals surface area contributed by atoms with E-state index in [-0.39, 0.29) is 12.3 Å². The number of aliphatic hydroxyl groups excluding tert-OH is 1. The Bertz CT molecular complexity index is 524. The number of benzene rings is 1. The number of carbonyl (C=O) groups excluding carboxylic acids is 2. The van der Waals surface area contributed by atoms with Crippen LogP contribution in [-0.2, 0) is 14.3 Å². The molecular weight excluding hydrogens is 354 g/mol. The lowest BCUT2D eigenvalue weighted by atomic mass is 9.99. The van der Waals surface area contributed by atoms with Gasteiger partial charge in [-0.3, -0.25) is 4.79 Å². The van der Waals surface area contributed by atoms with Crippen LogP contribution in [0.2, 0.25) is 0 Å². The van der Waals surface area contributed by atoms with Crippen molar-refractivity contribution < 1.29 is 24.2 Å². The van der Waals surface area contributed by atoms with E-state index in [9.17, 15) is 14.7 Å². The van der Waals surface area contributed by atoms with E-state index in [4.69, 9.17) is 9.47 Å². The normalized spacial score (nSPS) is 28.0. The summed E-state index contributed by atoms with van der Waals surface area (Å²) in [6.45, 7) is 1.38. The third kappa shape index (κ3) is 4.28. The predicted molar refractivity (Wildman–Crippen MR) is 82.5 cm³/mol. The van der Waals surface area contributed by atoms with Gasteiger partial charge in [0.05, 0.1) is 11.6 Å². The van der Waals surface area contributed by atoms with E-state index < -0.39 is 30.5 Å². The van der Waals surface area contributed by atoms with Crippen molar-refractivity contribution in [3.8, 4) is 0 Å². The molecule has 0 bridgehead atoms. The molecule has 0 aromatic heterocycles. The quantitative estimate of drug-likeness (QED) is 0.613. The number of halogens is 1. The van der Waals surface area contributed by atoms with Crippen LogP contribution in [0.3, 0.4) is 0 Å². The van der Waals surface area contributed by atoms with Gasteiger partial charge in [-0.1, -0.05) is 34.1 Å². The minimum Gasteiger partial charge on any atom is -0.454 e. The standard InChI is InChI=1S/C15H18BrNO5/c1-9(18)17-11-7-13(19)21-12(8-16)14(11)22-15(20)10-5-3-2-4-6-10/h2-6,11-14,19H,7-8H2,1H3,(H,17,18)/t11-,12+,13-,14-/m0/s1. The largest absolute Gasteiger partial charge is 0.454 e. The van der Waals surface area contributed by atoms with Crippen molar-refractivity contribution in [2.45, 2.75) is 37.9 Å². The highest BCUT2D eigenvalue weighted by atomic mass is 79.9. The third-order valence-corrected chi connectivity index (χ3v) is 3.98. The number of ether oxygens (including phenoxy) is 2. The Morgan fingerprint density at radius 3 is 2.68 bits per heavy atom. The second kappa shape index (κ2) is 7.71. The zero-order chi connectivity index (χ0) is 16.1. The van der Waals surface area contributed by atoms with Crippen molar-refractivity contribution in [1.82, 2.24) is 5.32 Å². The van der Waals surface area contributed by atoms with Gasteiger partial charge < -0.3 is 19.9 Å². The third-order valence-electron chi connectivity index (χ3n) is 3.34. The molecule has 22 heavy (non-hydrogen) atoms. The first-order valence-corrected chi connectivity index (χ1v) is 8.06. The van der Waals surface area contributed by atoms with Crippen molar-refractivity contribution >= 4 is 27.8 Å². The van der Waals surface area contributed by atoms with Gasteiger partial charge in [-0.2, -0.15) is 0 Å². The Labute approximate surface area is 136 Å². The summed E-state index contributed by atoms with van der Waals surface area (Å²) in [7, 11) is 0. The van der Waals surface area contributed by atoms with Gasteiger partial charge in [0.15, 0.2) is 6.29 Å². The number of esters is 1. The molecule has 0 aliphatic carbocycles. The SMILES string of the molecule is CC(=O)N[C@H]1C[C@@H](O)O[C@H](CBr)[C@H]1OC(=O)c1ccccc1. The monoisotopic (exact) mass is 371 g/mol. The van der Waals surface area contributed by atoms with Crippen LogP contribution >= 0.6 is 15.9 Å². The Morgan fingerprint density at radius 1 is 1.41 bits per heavy atom. The molecule has 2 N–H and O–H groups in total. The topological polar surface area (TPSA) is 84.9 Å². The Kier molecular flexibility index (Phi) is 5.93. The highest BCUT2D eigenvalue weighted by molar-refractivity contribution is 9.09. The molecule has 4 atom stereocenters. The Hall–Kier alpha value is -1.44. The van der Waals surface area contributed by atoms with Crippen LogP contribution in [0.4, 0.5) is 0 Å². The molecule has 1 fully saturated rings. The summed E-state index contributed by atoms with van der Waals surface area (Å²) in [6.07, 6.45) is -2.07. The number of hydrogen-bond acceptors (Lipinski definition) is 5. The fourth-order valence-electron chi connectivity index (χ4n) is 2.40. The Morgan fingerprint density at radius 2 is 2.09 bits per heavy atom. The Balaban J connectivity index is 2.15. The van der Waals surface area contributed by atoms with Crippen molar-refractivity contribution in [2.75, 3.05) is 5.33 Å². The van der Waals surface area contributed by atoms with Crippen molar-refractivity contribution in [2.24, 2.45) is 0 Å². The van der Waals surface area contributed by atoms with E-state index in [1.54, 1.807) is 30.3 Å². The van der Waals surface area contributed by atoms with Crippen LogP contribution in [0.25, 0.3) is 0 Å².